The Bertz CT molecular complexity index is 739. The highest BCUT2D eigenvalue weighted by Gasteiger charge is 2.27. The van der Waals surface area contributed by atoms with Crippen LogP contribution in [0.3, 0.4) is 0 Å². The molecule has 0 heterocycles. The van der Waals surface area contributed by atoms with E-state index in [4.69, 9.17) is 23.2 Å². The van der Waals surface area contributed by atoms with E-state index >= 15 is 0 Å². The largest absolute Gasteiger partial charge is 0.391 e. The molecular weight excluding hydrogens is 480 g/mol. The van der Waals surface area contributed by atoms with Gasteiger partial charge in [-0.1, -0.05) is 33.2 Å². The molecule has 150 valence electrons. The van der Waals surface area contributed by atoms with Gasteiger partial charge in [-0.05, 0) is 25.5 Å². The number of halogens is 8. The van der Waals surface area contributed by atoms with Crippen molar-refractivity contribution in [1.29, 1.82) is 0 Å². The van der Waals surface area contributed by atoms with E-state index in [0.717, 1.165) is 6.21 Å². The lowest BCUT2D eigenvalue weighted by molar-refractivity contribution is 0.124. The van der Waals surface area contributed by atoms with Gasteiger partial charge in [-0.25, -0.2) is 22.0 Å². The molecule has 2 nitrogen and oxygen atoms in total. The minimum absolute atomic E-state index is 0.454. The summed E-state index contributed by atoms with van der Waals surface area (Å²) in [6.45, 7) is 2.56. The summed E-state index contributed by atoms with van der Waals surface area (Å²) in [5.41, 5.74) is -0.406. The van der Waals surface area contributed by atoms with Gasteiger partial charge in [0.2, 0.25) is 5.82 Å². The van der Waals surface area contributed by atoms with Crippen LogP contribution >= 0.6 is 39.1 Å². The molecule has 0 aliphatic heterocycles. The van der Waals surface area contributed by atoms with Crippen LogP contribution in [0.1, 0.15) is 19.4 Å². The van der Waals surface area contributed by atoms with Crippen molar-refractivity contribution in [3.8, 4) is 0 Å². The number of hydrogen-bond acceptors (Lipinski definition) is 2. The molecule has 0 amide bonds. The van der Waals surface area contributed by atoms with Crippen molar-refractivity contribution in [3.63, 3.8) is 0 Å². The number of hydrogen-bond donors (Lipinski definition) is 0. The summed E-state index contributed by atoms with van der Waals surface area (Å²) < 4.78 is 65.9. The van der Waals surface area contributed by atoms with Gasteiger partial charge in [0, 0.05) is 5.33 Å². The van der Waals surface area contributed by atoms with Gasteiger partial charge in [0.15, 0.2) is 23.3 Å². The normalized spacial score (nSPS) is 16.1. The van der Waals surface area contributed by atoms with Crippen molar-refractivity contribution < 1.29 is 26.8 Å². The van der Waals surface area contributed by atoms with Crippen molar-refractivity contribution in [2.24, 2.45) is 5.16 Å². The Kier molecular flexibility index (Phi) is 9.24. The van der Waals surface area contributed by atoms with Crippen LogP contribution in [-0.2, 0) is 11.4 Å². The van der Waals surface area contributed by atoms with E-state index in [1.54, 1.807) is 26.0 Å². The van der Waals surface area contributed by atoms with E-state index in [2.05, 4.69) is 25.9 Å². The molecule has 2 unspecified atom stereocenters. The van der Waals surface area contributed by atoms with Gasteiger partial charge >= 0.3 is 0 Å². The highest BCUT2D eigenvalue weighted by Crippen LogP contribution is 2.27. The van der Waals surface area contributed by atoms with E-state index in [-0.39, 0.29) is 0 Å². The van der Waals surface area contributed by atoms with Gasteiger partial charge in [0.05, 0.1) is 22.0 Å². The maximum absolute atomic E-state index is 13.4. The summed E-state index contributed by atoms with van der Waals surface area (Å²) in [5.74, 6) is -10.2. The van der Waals surface area contributed by atoms with E-state index in [1.807, 2.05) is 0 Å². The van der Waals surface area contributed by atoms with Crippen LogP contribution in [0.5, 0.6) is 0 Å². The zero-order chi connectivity index (χ0) is 20.8. The molecule has 1 rings (SSSR count). The molecule has 0 fully saturated rings. The van der Waals surface area contributed by atoms with Crippen LogP contribution in [0.2, 0.25) is 0 Å². The molecule has 27 heavy (non-hydrogen) atoms. The number of rotatable bonds is 8. The molecule has 0 aliphatic carbocycles. The minimum Gasteiger partial charge on any atom is -0.391 e. The molecule has 0 N–H and O–H groups in total. The number of allylic oxidation sites excluding steroid dienone is 4. The second-order valence-corrected chi connectivity index (χ2v) is 7.55. The first-order valence-corrected chi connectivity index (χ1v) is 9.36. The maximum Gasteiger partial charge on any atom is 0.200 e. The first-order chi connectivity index (χ1) is 12.5. The molecule has 0 spiro atoms. The first-order valence-electron chi connectivity index (χ1n) is 7.42. The fraction of sp³-hybridized carbons (Fsp3) is 0.353. The van der Waals surface area contributed by atoms with Gasteiger partial charge in [-0.2, -0.15) is 0 Å². The molecule has 0 bridgehead atoms. The quantitative estimate of drug-likeness (QED) is 0.0780. The Balaban J connectivity index is 2.70. The lowest BCUT2D eigenvalue weighted by Gasteiger charge is -2.22. The fourth-order valence-corrected chi connectivity index (χ4v) is 2.39. The van der Waals surface area contributed by atoms with Crippen molar-refractivity contribution in [3.05, 3.63) is 58.5 Å². The van der Waals surface area contributed by atoms with E-state index in [1.165, 1.54) is 6.08 Å². The summed E-state index contributed by atoms with van der Waals surface area (Å²) >= 11 is 15.6. The molecule has 1 aromatic carbocycles. The highest BCUT2D eigenvalue weighted by molar-refractivity contribution is 9.09. The van der Waals surface area contributed by atoms with Gasteiger partial charge in [0.1, 0.15) is 6.61 Å². The Morgan fingerprint density at radius 1 is 1.15 bits per heavy atom. The Hall–Kier alpha value is -1.12. The van der Waals surface area contributed by atoms with Crippen LogP contribution in [0.25, 0.3) is 0 Å². The zero-order valence-electron chi connectivity index (χ0n) is 14.2. The summed E-state index contributed by atoms with van der Waals surface area (Å²) in [6, 6.07) is 0. The number of nitrogens with zero attached hydrogens (tertiary/aromatic N) is 1. The third kappa shape index (κ3) is 6.47. The van der Waals surface area contributed by atoms with Crippen molar-refractivity contribution in [2.45, 2.75) is 30.7 Å². The topological polar surface area (TPSA) is 21.6 Å². The van der Waals surface area contributed by atoms with E-state index < -0.39 is 51.5 Å². The lowest BCUT2D eigenvalue weighted by atomic mass is 10.1. The molecule has 2 atom stereocenters. The first kappa shape index (κ1) is 23.9. The maximum atomic E-state index is 13.4. The van der Waals surface area contributed by atoms with Crippen molar-refractivity contribution in [2.75, 3.05) is 5.33 Å². The van der Waals surface area contributed by atoms with Crippen LogP contribution in [0.15, 0.2) is 29.0 Å². The van der Waals surface area contributed by atoms with Gasteiger partial charge in [-0.15, -0.1) is 23.2 Å². The standard InChI is InChI=1S/C17H15BrCl2F5NO/c1-9(3-4-11(19)17(2,20)8-18)5-6-26-27-7-10-12(21)14(23)16(25)15(24)13(10)22/h3-6,11H,7-8H2,1-2H3/b4-3+,9-5+,26-6+. The predicted octanol–water partition coefficient (Wildman–Crippen LogP) is 6.39. The molecule has 0 aliphatic rings. The van der Waals surface area contributed by atoms with Crippen molar-refractivity contribution in [1.82, 2.24) is 0 Å². The summed E-state index contributed by atoms with van der Waals surface area (Å²) in [6.07, 6.45) is 5.99. The monoisotopic (exact) mass is 493 g/mol. The smallest absolute Gasteiger partial charge is 0.200 e. The fourth-order valence-electron chi connectivity index (χ4n) is 1.64. The minimum atomic E-state index is -2.23. The molecular formula is C17H15BrCl2F5NO. The molecule has 1 aromatic rings. The second kappa shape index (κ2) is 10.4. The molecule has 0 saturated heterocycles. The molecule has 0 radical (unpaired) electrons. The molecule has 0 aromatic heterocycles. The highest BCUT2D eigenvalue weighted by atomic mass is 79.9. The molecule has 10 heteroatoms. The van der Waals surface area contributed by atoms with Gasteiger partial charge in [0.25, 0.3) is 0 Å². The van der Waals surface area contributed by atoms with Crippen molar-refractivity contribution >= 4 is 45.3 Å². The third-order valence-corrected chi connectivity index (χ3v) is 5.94. The number of benzene rings is 1. The SMILES string of the molecule is CC(/C=C/C(Cl)C(C)(Cl)CBr)=C\C=N\OCc1c(F)c(F)c(F)c(F)c1F. The number of alkyl halides is 3. The summed E-state index contributed by atoms with van der Waals surface area (Å²) in [4.78, 5) is 3.91. The Morgan fingerprint density at radius 3 is 2.19 bits per heavy atom. The Morgan fingerprint density at radius 2 is 1.67 bits per heavy atom. The van der Waals surface area contributed by atoms with Crippen LogP contribution in [0.4, 0.5) is 22.0 Å². The summed E-state index contributed by atoms with van der Waals surface area (Å²) in [5, 5.41) is 3.42. The number of oxime groups is 1. The average Bonchev–Trinajstić information content (AvgIpc) is 2.64. The van der Waals surface area contributed by atoms with Gasteiger partial charge < -0.3 is 4.84 Å². The van der Waals surface area contributed by atoms with E-state index in [9.17, 15) is 22.0 Å². The molecule has 0 saturated carbocycles. The zero-order valence-corrected chi connectivity index (χ0v) is 17.3. The Labute approximate surface area is 171 Å². The predicted molar refractivity (Wildman–Crippen MR) is 100 cm³/mol. The van der Waals surface area contributed by atoms with E-state index in [0.29, 0.717) is 10.9 Å². The lowest BCUT2D eigenvalue weighted by Crippen LogP contribution is -2.29. The third-order valence-electron chi connectivity index (χ3n) is 3.35. The van der Waals surface area contributed by atoms with Crippen LogP contribution in [-0.4, -0.2) is 21.8 Å². The van der Waals surface area contributed by atoms with Crippen LogP contribution in [0, 0.1) is 29.1 Å². The van der Waals surface area contributed by atoms with Gasteiger partial charge in [-0.3, -0.25) is 0 Å². The average molecular weight is 495 g/mol. The summed E-state index contributed by atoms with van der Waals surface area (Å²) in [7, 11) is 0. The van der Waals surface area contributed by atoms with Crippen LogP contribution < -0.4 is 0 Å². The second-order valence-electron chi connectivity index (χ2n) is 5.66.